The molecule has 2 rings (SSSR count). The Kier molecular flexibility index (Phi) is 3.92. The summed E-state index contributed by atoms with van der Waals surface area (Å²) in [7, 11) is 0. The van der Waals surface area contributed by atoms with Gasteiger partial charge in [0.1, 0.15) is 0 Å². The Hall–Kier alpha value is -0.770. The smallest absolute Gasteiger partial charge is 0.320 e. The van der Waals surface area contributed by atoms with E-state index in [1.807, 2.05) is 16.7 Å². The Morgan fingerprint density at radius 3 is 2.71 bits per heavy atom. The number of ether oxygens (including phenoxy) is 1. The summed E-state index contributed by atoms with van der Waals surface area (Å²) in [6, 6.07) is 0.412. The van der Waals surface area contributed by atoms with Crippen LogP contribution in [0.4, 0.5) is 4.79 Å². The lowest BCUT2D eigenvalue weighted by Crippen LogP contribution is -2.56. The standard InChI is InChI=1S/C13H24N2O2/c1-10-5-4-6-14(7-10)13(16)15-8-12(3)17-9-11(15)2/h10-12H,4-9H2,1-3H3. The second-order valence-corrected chi connectivity index (χ2v) is 5.62. The van der Waals surface area contributed by atoms with Crippen LogP contribution in [0.15, 0.2) is 0 Å². The van der Waals surface area contributed by atoms with Crippen LogP contribution in [0.5, 0.6) is 0 Å². The quantitative estimate of drug-likeness (QED) is 0.648. The summed E-state index contributed by atoms with van der Waals surface area (Å²) in [5, 5.41) is 0. The van der Waals surface area contributed by atoms with Crippen LogP contribution in [0.25, 0.3) is 0 Å². The molecule has 0 aromatic carbocycles. The summed E-state index contributed by atoms with van der Waals surface area (Å²) in [4.78, 5) is 16.4. The summed E-state index contributed by atoms with van der Waals surface area (Å²) >= 11 is 0. The van der Waals surface area contributed by atoms with Gasteiger partial charge in [-0.25, -0.2) is 4.79 Å². The molecule has 0 aliphatic carbocycles. The van der Waals surface area contributed by atoms with Crippen molar-refractivity contribution in [3.63, 3.8) is 0 Å². The lowest BCUT2D eigenvalue weighted by molar-refractivity contribution is -0.0385. The van der Waals surface area contributed by atoms with Crippen molar-refractivity contribution in [3.8, 4) is 0 Å². The molecule has 98 valence electrons. The number of rotatable bonds is 0. The third-order valence-electron chi connectivity index (χ3n) is 3.78. The first-order chi connectivity index (χ1) is 8.08. The van der Waals surface area contributed by atoms with Crippen molar-refractivity contribution in [2.24, 2.45) is 5.92 Å². The first kappa shape index (κ1) is 12.7. The monoisotopic (exact) mass is 240 g/mol. The molecule has 4 nitrogen and oxygen atoms in total. The highest BCUT2D eigenvalue weighted by atomic mass is 16.5. The highest BCUT2D eigenvalue weighted by Crippen LogP contribution is 2.19. The van der Waals surface area contributed by atoms with Crippen LogP contribution < -0.4 is 0 Å². The molecule has 2 aliphatic heterocycles. The van der Waals surface area contributed by atoms with Crippen molar-refractivity contribution >= 4 is 6.03 Å². The topological polar surface area (TPSA) is 32.8 Å². The second-order valence-electron chi connectivity index (χ2n) is 5.62. The minimum atomic E-state index is 0.164. The van der Waals surface area contributed by atoms with Crippen molar-refractivity contribution in [1.29, 1.82) is 0 Å². The molecule has 0 spiro atoms. The number of hydrogen-bond donors (Lipinski definition) is 0. The van der Waals surface area contributed by atoms with Crippen LogP contribution in [0.1, 0.15) is 33.6 Å². The number of carbonyl (C=O) groups excluding carboxylic acids is 1. The van der Waals surface area contributed by atoms with Crippen LogP contribution in [0, 0.1) is 5.92 Å². The lowest BCUT2D eigenvalue weighted by Gasteiger charge is -2.41. The Labute approximate surface area is 104 Å². The van der Waals surface area contributed by atoms with Gasteiger partial charge in [0, 0.05) is 19.6 Å². The van der Waals surface area contributed by atoms with Crippen molar-refractivity contribution in [2.45, 2.75) is 45.8 Å². The maximum Gasteiger partial charge on any atom is 0.320 e. The molecule has 0 saturated carbocycles. The van der Waals surface area contributed by atoms with Crippen molar-refractivity contribution in [3.05, 3.63) is 0 Å². The van der Waals surface area contributed by atoms with Gasteiger partial charge in [-0.05, 0) is 32.6 Å². The first-order valence-electron chi connectivity index (χ1n) is 6.75. The third kappa shape index (κ3) is 2.92. The SMILES string of the molecule is CC1CCCN(C(=O)N2CC(C)OCC2C)C1. The van der Waals surface area contributed by atoms with E-state index in [1.54, 1.807) is 0 Å². The fraction of sp³-hybridized carbons (Fsp3) is 0.923. The zero-order chi connectivity index (χ0) is 12.4. The maximum atomic E-state index is 12.5. The normalized spacial score (nSPS) is 34.9. The van der Waals surface area contributed by atoms with E-state index in [9.17, 15) is 4.79 Å². The summed E-state index contributed by atoms with van der Waals surface area (Å²) in [5.41, 5.74) is 0. The van der Waals surface area contributed by atoms with Gasteiger partial charge >= 0.3 is 6.03 Å². The van der Waals surface area contributed by atoms with E-state index in [0.29, 0.717) is 12.5 Å². The molecule has 3 atom stereocenters. The molecule has 17 heavy (non-hydrogen) atoms. The van der Waals surface area contributed by atoms with E-state index in [-0.39, 0.29) is 18.2 Å². The van der Waals surface area contributed by atoms with Gasteiger partial charge in [0.2, 0.25) is 0 Å². The minimum absolute atomic E-state index is 0.164. The molecular weight excluding hydrogens is 216 g/mol. The molecule has 0 radical (unpaired) electrons. The predicted molar refractivity (Wildman–Crippen MR) is 66.9 cm³/mol. The molecule has 2 amide bonds. The molecule has 2 fully saturated rings. The number of urea groups is 1. The molecule has 4 heteroatoms. The van der Waals surface area contributed by atoms with Crippen LogP contribution in [0.2, 0.25) is 0 Å². The number of morpholine rings is 1. The average molecular weight is 240 g/mol. The van der Waals surface area contributed by atoms with Gasteiger partial charge in [-0.2, -0.15) is 0 Å². The van der Waals surface area contributed by atoms with E-state index >= 15 is 0 Å². The lowest BCUT2D eigenvalue weighted by atomic mass is 10.0. The predicted octanol–water partition coefficient (Wildman–Crippen LogP) is 1.95. The molecular formula is C13H24N2O2. The number of piperidine rings is 1. The molecule has 0 bridgehead atoms. The average Bonchev–Trinajstić information content (AvgIpc) is 2.31. The molecule has 2 aliphatic rings. The van der Waals surface area contributed by atoms with E-state index in [2.05, 4.69) is 13.8 Å². The van der Waals surface area contributed by atoms with E-state index in [1.165, 1.54) is 6.42 Å². The van der Waals surface area contributed by atoms with Gasteiger partial charge in [-0.15, -0.1) is 0 Å². The van der Waals surface area contributed by atoms with Gasteiger partial charge < -0.3 is 14.5 Å². The van der Waals surface area contributed by atoms with Gasteiger partial charge in [-0.3, -0.25) is 0 Å². The summed E-state index contributed by atoms with van der Waals surface area (Å²) < 4.78 is 5.57. The highest BCUT2D eigenvalue weighted by Gasteiger charge is 2.32. The van der Waals surface area contributed by atoms with Crippen LogP contribution >= 0.6 is 0 Å². The maximum absolute atomic E-state index is 12.5. The molecule has 3 unspecified atom stereocenters. The van der Waals surface area contributed by atoms with Crippen molar-refractivity contribution in [2.75, 3.05) is 26.2 Å². The van der Waals surface area contributed by atoms with E-state index in [0.717, 1.165) is 26.1 Å². The Morgan fingerprint density at radius 1 is 1.24 bits per heavy atom. The second kappa shape index (κ2) is 5.25. The zero-order valence-corrected chi connectivity index (χ0v) is 11.2. The van der Waals surface area contributed by atoms with Crippen molar-refractivity contribution < 1.29 is 9.53 Å². The van der Waals surface area contributed by atoms with Gasteiger partial charge in [0.25, 0.3) is 0 Å². The fourth-order valence-electron chi connectivity index (χ4n) is 2.71. The summed E-state index contributed by atoms with van der Waals surface area (Å²) in [5.74, 6) is 0.640. The molecule has 0 aromatic rings. The molecule has 0 aromatic heterocycles. The Bertz CT molecular complexity index is 283. The number of likely N-dealkylation sites (tertiary alicyclic amines) is 1. The van der Waals surface area contributed by atoms with Gasteiger partial charge in [-0.1, -0.05) is 6.92 Å². The van der Waals surface area contributed by atoms with Crippen LogP contribution in [-0.2, 0) is 4.74 Å². The highest BCUT2D eigenvalue weighted by molar-refractivity contribution is 5.75. The summed E-state index contributed by atoms with van der Waals surface area (Å²) in [6.07, 6.45) is 2.55. The van der Waals surface area contributed by atoms with E-state index < -0.39 is 0 Å². The zero-order valence-electron chi connectivity index (χ0n) is 11.2. The number of amides is 2. The third-order valence-corrected chi connectivity index (χ3v) is 3.78. The van der Waals surface area contributed by atoms with Crippen molar-refractivity contribution in [1.82, 2.24) is 9.80 Å². The van der Waals surface area contributed by atoms with Crippen LogP contribution in [0.3, 0.4) is 0 Å². The fourth-order valence-corrected chi connectivity index (χ4v) is 2.71. The largest absolute Gasteiger partial charge is 0.375 e. The number of carbonyl (C=O) groups is 1. The molecule has 2 heterocycles. The van der Waals surface area contributed by atoms with Gasteiger partial charge in [0.05, 0.1) is 18.8 Å². The van der Waals surface area contributed by atoms with Gasteiger partial charge in [0.15, 0.2) is 0 Å². The molecule has 0 N–H and O–H groups in total. The summed E-state index contributed by atoms with van der Waals surface area (Å²) in [6.45, 7) is 9.55. The minimum Gasteiger partial charge on any atom is -0.375 e. The number of hydrogen-bond acceptors (Lipinski definition) is 2. The van der Waals surface area contributed by atoms with E-state index in [4.69, 9.17) is 4.74 Å². The molecule has 2 saturated heterocycles. The van der Waals surface area contributed by atoms with Crippen LogP contribution in [-0.4, -0.2) is 54.2 Å². The number of nitrogens with zero attached hydrogens (tertiary/aromatic N) is 2. The Morgan fingerprint density at radius 2 is 2.00 bits per heavy atom. The Balaban J connectivity index is 1.97. The first-order valence-corrected chi connectivity index (χ1v) is 6.75.